The van der Waals surface area contributed by atoms with Crippen LogP contribution >= 0.6 is 269 Å². The van der Waals surface area contributed by atoms with Gasteiger partial charge in [-0.05, 0) is 402 Å². The van der Waals surface area contributed by atoms with E-state index in [2.05, 4.69) is 187 Å². The van der Waals surface area contributed by atoms with Gasteiger partial charge in [0.2, 0.25) is 28.4 Å². The lowest BCUT2D eigenvalue weighted by Gasteiger charge is -2.36. The molecule has 52 heteroatoms. The Morgan fingerprint density at radius 2 is 0.628 bits per heavy atom. The molecule has 0 unspecified atom stereocenters. The normalized spacial score (nSPS) is 18.5. The number of hydrogen-bond acceptors (Lipinski definition) is 31. The van der Waals surface area contributed by atoms with E-state index in [4.69, 9.17) is 39.5 Å². The van der Waals surface area contributed by atoms with Crippen LogP contribution in [0.1, 0.15) is 283 Å². The topological polar surface area (TPSA) is 417 Å². The van der Waals surface area contributed by atoms with Crippen molar-refractivity contribution >= 4 is 305 Å². The number of halogens is 9. The molecule has 11 aliphatic carbocycles. The van der Waals surface area contributed by atoms with Gasteiger partial charge in [0.05, 0.1) is 27.1 Å². The number of carbonyl (C=O) groups is 6. The molecule has 13 aromatic rings. The maximum atomic E-state index is 12.0. The van der Waals surface area contributed by atoms with Gasteiger partial charge in [0.1, 0.15) is 64.2 Å². The van der Waals surface area contributed by atoms with Crippen molar-refractivity contribution in [3.8, 4) is 46.2 Å². The van der Waals surface area contributed by atoms with Crippen molar-refractivity contribution in [2.45, 2.75) is 322 Å². The highest BCUT2D eigenvalue weighted by Crippen LogP contribution is 2.59. The molecule has 24 rings (SSSR count). The van der Waals surface area contributed by atoms with Crippen LogP contribution in [0.2, 0.25) is 15.1 Å². The minimum Gasteiger partial charge on any atom is -0.497 e. The summed E-state index contributed by atoms with van der Waals surface area (Å²) in [7, 11) is 1.62. The molecular weight excluding hydrogens is 2580 g/mol. The second kappa shape index (κ2) is 46.1. The Labute approximate surface area is 966 Å². The van der Waals surface area contributed by atoms with E-state index >= 15 is 0 Å². The minimum absolute atomic E-state index is 0.466. The zero-order chi connectivity index (χ0) is 105. The van der Waals surface area contributed by atoms with Gasteiger partial charge in [-0.25, -0.2) is 0 Å². The molecule has 10 saturated carbocycles. The number of ether oxygens (including phenoxy) is 1. The molecule has 1 aromatic carbocycles. The number of benzene rings is 1. The maximum Gasteiger partial charge on any atom is 0.320 e. The number of methoxy groups -OCH3 is 1. The van der Waals surface area contributed by atoms with Crippen LogP contribution in [0.4, 0.5) is 0 Å². The van der Waals surface area contributed by atoms with Crippen molar-refractivity contribution in [1.29, 1.82) is 0 Å². The molecule has 0 radical (unpaired) electrons. The van der Waals surface area contributed by atoms with Crippen molar-refractivity contribution in [2.24, 2.45) is 0 Å². The van der Waals surface area contributed by atoms with Crippen molar-refractivity contribution < 1.29 is 64.1 Å². The highest BCUT2D eigenvalue weighted by Gasteiger charge is 2.52. The molecule has 786 valence electrons. The van der Waals surface area contributed by atoms with Crippen LogP contribution in [0.5, 0.6) is 5.75 Å². The molecular formula is C96H99Br6Cl3N18O13S12. The van der Waals surface area contributed by atoms with Gasteiger partial charge in [-0.15, -0.1) is 129 Å². The monoisotopic (exact) mass is 2670 g/mol. The third-order valence-electron chi connectivity index (χ3n) is 28.0. The van der Waals surface area contributed by atoms with Crippen LogP contribution in [-0.4, -0.2) is 191 Å². The van der Waals surface area contributed by atoms with E-state index in [0.717, 1.165) is 127 Å². The van der Waals surface area contributed by atoms with Gasteiger partial charge in [-0.3, -0.25) is 56.2 Å². The summed E-state index contributed by atoms with van der Waals surface area (Å²) in [6.45, 7) is 7.53. The van der Waals surface area contributed by atoms with Crippen LogP contribution in [0, 0.1) is 13.8 Å². The fourth-order valence-corrected chi connectivity index (χ4v) is 39.3. The van der Waals surface area contributed by atoms with Gasteiger partial charge >= 0.3 is 35.8 Å². The molecule has 0 bridgehead atoms. The molecule has 10 fully saturated rings. The first-order valence-corrected chi connectivity index (χ1v) is 64.1. The first kappa shape index (κ1) is 111. The van der Waals surface area contributed by atoms with Crippen LogP contribution in [-0.2, 0) is 41.6 Å². The van der Waals surface area contributed by atoms with Crippen molar-refractivity contribution in [1.82, 2.24) is 88.6 Å². The van der Waals surface area contributed by atoms with E-state index in [9.17, 15) is 59.4 Å². The van der Waals surface area contributed by atoms with Gasteiger partial charge in [-0.1, -0.05) is 144 Å². The molecule has 148 heavy (non-hydrogen) atoms. The Morgan fingerprint density at radius 3 is 0.946 bits per heavy atom. The molecule has 31 nitrogen and oxygen atoms in total. The Kier molecular flexibility index (Phi) is 34.6. The summed E-state index contributed by atoms with van der Waals surface area (Å²) in [4.78, 5) is 78.1. The Balaban J connectivity index is 0.000000112. The predicted octanol–water partition coefficient (Wildman–Crippen LogP) is 29.7. The second-order valence-corrected chi connectivity index (χ2v) is 59.1. The standard InChI is InChI=1S/C19H22BrN3O2S2.C17H15BrClN3O3S2.C16H18BrN3O2S2.C15H15BrClN3O2S2.C15H16BrN3O2S2.C14H13BrClN3O2S2/c20-17-21-22-18(27-19(16(24)25)9-3-4-10-19)23(17)15-13-6-2-1-5-12(13)14(26-15)11-7-8-11;1-17(2,14(23)24)27-16-21-20-15(18)22(16)12-8-11(19)13(26-12)9-4-6-10(25-3)7-5-9;1-9-8-11(23-12(9)10-4-5-10)20-14(17)18-19-15(20)24-16(13(21)22)6-2-3-7-16;16-13-18-19-14(24-15(12(21)22)5-1-2-6-15)20(13)10-7-9(17)11(23-10)8-3-4-8;1-8-7-10(22-11(8)9-3-4-9)19-13(16)17-18-14(19)23-15(12(20)21)5-2-6-15;15-12-17-18-13(23-14(11(20)21)4-1-5-14)19(12)9-6-8(16)10(22-9)7-2-3-7/h11H,1-10H2,(H,24,25);4-8H,1-3H3,(H,23,24);8,10H,2-7H2,1H3,(H,21,22);7-8H,1-6H2,(H,21,22);7,9H,2-6H2,1H3,(H,20,21);6-7H,1-5H2,(H,20,21). The first-order valence-electron chi connectivity index (χ1n) is 48.4. The highest BCUT2D eigenvalue weighted by molar-refractivity contribution is 9.11. The Bertz CT molecular complexity index is 6920. The zero-order valence-electron chi connectivity index (χ0n) is 80.1. The average Bonchev–Trinajstić information content (AvgIpc) is 1.60. The predicted molar refractivity (Wildman–Crippen MR) is 606 cm³/mol. The molecule has 0 spiro atoms. The number of fused-ring (bicyclic) bond motifs is 1. The van der Waals surface area contributed by atoms with Crippen molar-refractivity contribution in [3.05, 3.63) is 145 Å². The van der Waals surface area contributed by atoms with E-state index in [1.54, 1.807) is 81.3 Å². The van der Waals surface area contributed by atoms with Crippen LogP contribution in [0.15, 0.2) is 114 Å². The lowest BCUT2D eigenvalue weighted by molar-refractivity contribution is -0.143. The van der Waals surface area contributed by atoms with E-state index in [-0.39, 0.29) is 0 Å². The summed E-state index contributed by atoms with van der Waals surface area (Å²) in [5.41, 5.74) is 6.59. The number of rotatable bonds is 31. The van der Waals surface area contributed by atoms with Gasteiger partial charge in [0, 0.05) is 24.4 Å². The summed E-state index contributed by atoms with van der Waals surface area (Å²) in [5, 5.41) is 120. The summed E-state index contributed by atoms with van der Waals surface area (Å²) in [5.74, 6) is -0.619. The Morgan fingerprint density at radius 1 is 0.351 bits per heavy atom. The number of carboxylic acids is 6. The molecule has 11 aliphatic rings. The van der Waals surface area contributed by atoms with Gasteiger partial charge in [0.25, 0.3) is 0 Å². The van der Waals surface area contributed by atoms with Crippen LogP contribution in [0.25, 0.3) is 40.4 Å². The Hall–Kier alpha value is -5.27. The molecule has 0 aliphatic heterocycles. The molecule has 12 aromatic heterocycles. The van der Waals surface area contributed by atoms with Crippen LogP contribution < -0.4 is 4.74 Å². The lowest BCUT2D eigenvalue weighted by atomic mass is 9.84. The van der Waals surface area contributed by atoms with E-state index in [1.165, 1.54) is 195 Å². The maximum absolute atomic E-state index is 12.0. The van der Waals surface area contributed by atoms with Gasteiger partial charge in [0.15, 0.2) is 30.9 Å². The third-order valence-corrected chi connectivity index (χ3v) is 48.5. The molecule has 0 amide bonds. The molecule has 6 N–H and O–H groups in total. The number of nitrogens with zero attached hydrogens (tertiary/aromatic N) is 18. The number of aromatic nitrogens is 18. The van der Waals surface area contributed by atoms with Gasteiger partial charge in [-0.2, -0.15) is 0 Å². The van der Waals surface area contributed by atoms with E-state index < -0.39 is 64.3 Å². The van der Waals surface area contributed by atoms with Crippen molar-refractivity contribution in [2.75, 3.05) is 7.11 Å². The second-order valence-electron chi connectivity index (χ2n) is 38.9. The fraction of sp³-hybridized carbons (Fsp3) is 0.500. The summed E-state index contributed by atoms with van der Waals surface area (Å²) in [6.07, 6.45) is 31.6. The van der Waals surface area contributed by atoms with Gasteiger partial charge < -0.3 is 35.4 Å². The third kappa shape index (κ3) is 23.8. The van der Waals surface area contributed by atoms with E-state index in [0.29, 0.717) is 152 Å². The SMILES string of the molecule is COc1ccc(-c2sc(-n3c(Br)nnc3SC(C)(C)C(=O)O)cc2Cl)cc1.Cc1cc(-n2c(Br)nnc2SC2(C(=O)O)CCC2)sc1C1CC1.Cc1cc(-n2c(Br)nnc2SC2(C(=O)O)CCCC2)sc1C1CC1.O=C(O)C1(Sc2nnc(Br)n2-c2cc(Cl)c(C3CC3)s2)CCC1.O=C(O)C1(Sc2nnc(Br)n2-c2cc(Cl)c(C3CC3)s2)CCCC1.O=C(O)C1(Sc2nnc(Br)n2-c2sc(C3CC3)c3c2CCCC3)CCCC1. The number of aliphatic carboxylic acids is 6. The number of carboxylic acid groups (broad SMARTS) is 6. The number of aryl methyl sites for hydroxylation is 2. The van der Waals surface area contributed by atoms with E-state index in [1.807, 2.05) is 72.1 Å². The summed E-state index contributed by atoms with van der Waals surface area (Å²) < 4.78 is 15.3. The number of thiophene rings is 6. The quantitative estimate of drug-likeness (QED) is 0.0220. The number of hydrogen-bond donors (Lipinski definition) is 6. The summed E-state index contributed by atoms with van der Waals surface area (Å²) in [6, 6.07) is 17.6. The highest BCUT2D eigenvalue weighted by atomic mass is 79.9. The summed E-state index contributed by atoms with van der Waals surface area (Å²) >= 11 is 58.0. The van der Waals surface area contributed by atoms with Crippen molar-refractivity contribution in [3.63, 3.8) is 0 Å². The number of thioether (sulfide) groups is 6. The smallest absolute Gasteiger partial charge is 0.320 e. The first-order chi connectivity index (χ1) is 70.8. The minimum atomic E-state index is -1.05. The zero-order valence-corrected chi connectivity index (χ0v) is 102. The largest absolute Gasteiger partial charge is 0.497 e. The average molecular weight is 2680 g/mol. The molecule has 0 saturated heterocycles. The van der Waals surface area contributed by atoms with Crippen LogP contribution in [0.3, 0.4) is 0 Å². The lowest BCUT2D eigenvalue weighted by Crippen LogP contribution is -2.42. The molecule has 0 atom stereocenters. The fourth-order valence-electron chi connectivity index (χ4n) is 18.6. The molecule has 12 heterocycles.